The molecule has 0 spiro atoms. The number of hydrogen-bond acceptors (Lipinski definition) is 4. The van der Waals surface area contributed by atoms with Gasteiger partial charge in [0.2, 0.25) is 11.7 Å². The number of rotatable bonds is 6. The van der Waals surface area contributed by atoms with E-state index in [0.717, 1.165) is 29.5 Å². The normalized spacial score (nSPS) is 14.7. The van der Waals surface area contributed by atoms with Crippen molar-refractivity contribution < 1.29 is 4.79 Å². The van der Waals surface area contributed by atoms with Gasteiger partial charge >= 0.3 is 0 Å². The average Bonchev–Trinajstić information content (AvgIpc) is 3.40. The molecule has 0 saturated heterocycles. The van der Waals surface area contributed by atoms with Gasteiger partial charge in [-0.25, -0.2) is 0 Å². The van der Waals surface area contributed by atoms with Gasteiger partial charge in [-0.1, -0.05) is 54.1 Å². The molecule has 0 aliphatic heterocycles. The van der Waals surface area contributed by atoms with E-state index in [1.165, 1.54) is 10.4 Å². The number of nitrogens with one attached hydrogen (secondary N) is 1. The Labute approximate surface area is 158 Å². The molecular formula is C21H23N5O. The summed E-state index contributed by atoms with van der Waals surface area (Å²) in [7, 11) is 0. The molecule has 0 bridgehead atoms. The summed E-state index contributed by atoms with van der Waals surface area (Å²) in [5.41, 5.74) is 4.38. The first-order chi connectivity index (χ1) is 13.1. The molecular weight excluding hydrogens is 338 g/mol. The van der Waals surface area contributed by atoms with E-state index in [4.69, 9.17) is 0 Å². The molecule has 6 heteroatoms. The molecule has 1 heterocycles. The fourth-order valence-electron chi connectivity index (χ4n) is 3.27. The first kappa shape index (κ1) is 17.4. The zero-order valence-corrected chi connectivity index (χ0v) is 15.6. The Morgan fingerprint density at radius 3 is 2.59 bits per heavy atom. The van der Waals surface area contributed by atoms with Crippen molar-refractivity contribution >= 4 is 5.91 Å². The van der Waals surface area contributed by atoms with Crippen molar-refractivity contribution in [2.24, 2.45) is 5.92 Å². The minimum Gasteiger partial charge on any atom is -0.347 e. The SMILES string of the molecule is Cc1ccc([C@@H](NC(=O)Cn2nnc(-c3ccccc3C)n2)C2CC2)cc1. The lowest BCUT2D eigenvalue weighted by atomic mass is 10.0. The molecule has 0 radical (unpaired) electrons. The smallest absolute Gasteiger partial charge is 0.244 e. The van der Waals surface area contributed by atoms with Crippen LogP contribution >= 0.6 is 0 Å². The van der Waals surface area contributed by atoms with Crippen molar-refractivity contribution in [3.63, 3.8) is 0 Å². The second-order valence-corrected chi connectivity index (χ2v) is 7.25. The van der Waals surface area contributed by atoms with Crippen LogP contribution in [0, 0.1) is 19.8 Å². The van der Waals surface area contributed by atoms with Crippen LogP contribution in [0.3, 0.4) is 0 Å². The van der Waals surface area contributed by atoms with Crippen LogP contribution in [0.5, 0.6) is 0 Å². The number of aromatic nitrogens is 4. The number of carbonyl (C=O) groups excluding carboxylic acids is 1. The summed E-state index contributed by atoms with van der Waals surface area (Å²) < 4.78 is 0. The van der Waals surface area contributed by atoms with Gasteiger partial charge < -0.3 is 5.32 Å². The number of benzene rings is 2. The Hall–Kier alpha value is -3.02. The summed E-state index contributed by atoms with van der Waals surface area (Å²) in [6.45, 7) is 4.13. The van der Waals surface area contributed by atoms with Crippen molar-refractivity contribution in [1.29, 1.82) is 0 Å². The van der Waals surface area contributed by atoms with Crippen LogP contribution < -0.4 is 5.32 Å². The Bertz CT molecular complexity index is 943. The van der Waals surface area contributed by atoms with Gasteiger partial charge in [-0.05, 0) is 48.9 Å². The molecule has 1 aliphatic carbocycles. The topological polar surface area (TPSA) is 72.7 Å². The van der Waals surface area contributed by atoms with Crippen LogP contribution in [0.25, 0.3) is 11.4 Å². The first-order valence-corrected chi connectivity index (χ1v) is 9.30. The number of tetrazole rings is 1. The summed E-state index contributed by atoms with van der Waals surface area (Å²) in [5.74, 6) is 0.960. The zero-order valence-electron chi connectivity index (χ0n) is 15.6. The lowest BCUT2D eigenvalue weighted by molar-refractivity contribution is -0.123. The second-order valence-electron chi connectivity index (χ2n) is 7.25. The maximum Gasteiger partial charge on any atom is 0.244 e. The van der Waals surface area contributed by atoms with Crippen molar-refractivity contribution in [3.8, 4) is 11.4 Å². The minimum atomic E-state index is -0.0961. The van der Waals surface area contributed by atoms with Gasteiger partial charge in [0.15, 0.2) is 0 Å². The largest absolute Gasteiger partial charge is 0.347 e. The van der Waals surface area contributed by atoms with E-state index in [2.05, 4.69) is 51.9 Å². The predicted octanol–water partition coefficient (Wildman–Crippen LogP) is 3.22. The van der Waals surface area contributed by atoms with E-state index >= 15 is 0 Å². The van der Waals surface area contributed by atoms with E-state index < -0.39 is 0 Å². The van der Waals surface area contributed by atoms with Gasteiger partial charge in [0.05, 0.1) is 6.04 Å². The Morgan fingerprint density at radius 1 is 1.15 bits per heavy atom. The highest BCUT2D eigenvalue weighted by molar-refractivity contribution is 5.76. The van der Waals surface area contributed by atoms with Gasteiger partial charge in [-0.3, -0.25) is 4.79 Å². The molecule has 0 unspecified atom stereocenters. The molecule has 1 aromatic heterocycles. The maximum atomic E-state index is 12.6. The number of nitrogens with zero attached hydrogens (tertiary/aromatic N) is 4. The van der Waals surface area contributed by atoms with Gasteiger partial charge in [0, 0.05) is 5.56 Å². The standard InChI is InChI=1S/C21H23N5O/c1-14-7-9-16(10-8-14)20(17-11-12-17)22-19(27)13-26-24-21(23-25-26)18-6-4-3-5-15(18)2/h3-10,17,20H,11-13H2,1-2H3,(H,22,27)/t20-/m1/s1. The summed E-state index contributed by atoms with van der Waals surface area (Å²) >= 11 is 0. The van der Waals surface area contributed by atoms with Crippen LogP contribution in [0.4, 0.5) is 0 Å². The molecule has 1 amide bonds. The molecule has 2 aromatic carbocycles. The fourth-order valence-corrected chi connectivity index (χ4v) is 3.27. The van der Waals surface area contributed by atoms with E-state index in [1.54, 1.807) is 0 Å². The summed E-state index contributed by atoms with van der Waals surface area (Å²) in [6.07, 6.45) is 2.30. The highest BCUT2D eigenvalue weighted by Crippen LogP contribution is 2.41. The van der Waals surface area contributed by atoms with Crippen molar-refractivity contribution in [3.05, 3.63) is 65.2 Å². The third-order valence-electron chi connectivity index (χ3n) is 4.97. The summed E-state index contributed by atoms with van der Waals surface area (Å²) in [6, 6.07) is 16.3. The number of amides is 1. The molecule has 6 nitrogen and oxygen atoms in total. The average molecular weight is 361 g/mol. The highest BCUT2D eigenvalue weighted by Gasteiger charge is 2.33. The highest BCUT2D eigenvalue weighted by atomic mass is 16.2. The van der Waals surface area contributed by atoms with Gasteiger partial charge in [0.25, 0.3) is 0 Å². The van der Waals surface area contributed by atoms with Crippen molar-refractivity contribution in [2.45, 2.75) is 39.3 Å². The lowest BCUT2D eigenvalue weighted by Gasteiger charge is -2.18. The molecule has 1 aliphatic rings. The third kappa shape index (κ3) is 4.05. The van der Waals surface area contributed by atoms with Crippen molar-refractivity contribution in [2.75, 3.05) is 0 Å². The molecule has 138 valence electrons. The van der Waals surface area contributed by atoms with Gasteiger partial charge in [-0.2, -0.15) is 4.80 Å². The molecule has 27 heavy (non-hydrogen) atoms. The molecule has 3 aromatic rings. The molecule has 1 N–H and O–H groups in total. The Kier molecular flexibility index (Phi) is 4.71. The van der Waals surface area contributed by atoms with Crippen molar-refractivity contribution in [1.82, 2.24) is 25.5 Å². The van der Waals surface area contributed by atoms with Crippen LogP contribution in [-0.2, 0) is 11.3 Å². The van der Waals surface area contributed by atoms with Gasteiger partial charge in [0.1, 0.15) is 6.54 Å². The zero-order chi connectivity index (χ0) is 18.8. The van der Waals surface area contributed by atoms with E-state index in [1.807, 2.05) is 31.2 Å². The lowest BCUT2D eigenvalue weighted by Crippen LogP contribution is -2.33. The quantitative estimate of drug-likeness (QED) is 0.732. The van der Waals surface area contributed by atoms with Crippen LogP contribution in [-0.4, -0.2) is 26.1 Å². The second kappa shape index (κ2) is 7.31. The van der Waals surface area contributed by atoms with Gasteiger partial charge in [-0.15, -0.1) is 10.2 Å². The Balaban J connectivity index is 1.44. The van der Waals surface area contributed by atoms with E-state index in [0.29, 0.717) is 11.7 Å². The summed E-state index contributed by atoms with van der Waals surface area (Å²) in [4.78, 5) is 13.9. The fraction of sp³-hybridized carbons (Fsp3) is 0.333. The molecule has 4 rings (SSSR count). The third-order valence-corrected chi connectivity index (χ3v) is 4.97. The molecule has 1 atom stereocenters. The Morgan fingerprint density at radius 2 is 1.89 bits per heavy atom. The number of aryl methyl sites for hydroxylation is 2. The van der Waals surface area contributed by atoms with E-state index in [-0.39, 0.29) is 18.5 Å². The minimum absolute atomic E-state index is 0.0532. The monoisotopic (exact) mass is 361 g/mol. The maximum absolute atomic E-state index is 12.6. The first-order valence-electron chi connectivity index (χ1n) is 9.30. The summed E-state index contributed by atoms with van der Waals surface area (Å²) in [5, 5.41) is 15.7. The van der Waals surface area contributed by atoms with Crippen LogP contribution in [0.15, 0.2) is 48.5 Å². The van der Waals surface area contributed by atoms with Crippen LogP contribution in [0.2, 0.25) is 0 Å². The molecule has 1 saturated carbocycles. The van der Waals surface area contributed by atoms with Crippen LogP contribution in [0.1, 0.15) is 35.6 Å². The van der Waals surface area contributed by atoms with E-state index in [9.17, 15) is 4.79 Å². The molecule has 1 fully saturated rings. The number of carbonyl (C=O) groups is 1. The number of hydrogen-bond donors (Lipinski definition) is 1. The predicted molar refractivity (Wildman–Crippen MR) is 103 cm³/mol.